The number of ether oxygens (including phenoxy) is 3. The van der Waals surface area contributed by atoms with E-state index in [2.05, 4.69) is 34.6 Å². The van der Waals surface area contributed by atoms with Gasteiger partial charge in [-0.25, -0.2) is 0 Å². The molecule has 6 nitrogen and oxygen atoms in total. The summed E-state index contributed by atoms with van der Waals surface area (Å²) in [4.78, 5) is 38.2. The molecule has 0 bridgehead atoms. The largest absolute Gasteiger partial charge is 0.462 e. The zero-order valence-electron chi connectivity index (χ0n) is 46.0. The summed E-state index contributed by atoms with van der Waals surface area (Å²) in [5, 5.41) is 0. The molecule has 3 atom stereocenters. The number of rotatable bonds is 55. The third kappa shape index (κ3) is 52.1. The Labute approximate surface area is 418 Å². The van der Waals surface area contributed by atoms with Crippen LogP contribution >= 0.6 is 0 Å². The lowest BCUT2D eigenvalue weighted by molar-refractivity contribution is -0.167. The lowest BCUT2D eigenvalue weighted by Gasteiger charge is -2.18. The summed E-state index contributed by atoms with van der Waals surface area (Å²) in [7, 11) is 0. The van der Waals surface area contributed by atoms with Gasteiger partial charge in [0.1, 0.15) is 13.2 Å². The molecule has 0 spiro atoms. The highest BCUT2D eigenvalue weighted by molar-refractivity contribution is 5.71. The molecule has 0 saturated heterocycles. The van der Waals surface area contributed by atoms with E-state index < -0.39 is 6.10 Å². The Morgan fingerprint density at radius 3 is 0.776 bits per heavy atom. The van der Waals surface area contributed by atoms with E-state index in [1.807, 2.05) is 0 Å². The van der Waals surface area contributed by atoms with E-state index >= 15 is 0 Å². The first-order valence-electron chi connectivity index (χ1n) is 30.3. The lowest BCUT2D eigenvalue weighted by atomic mass is 9.99. The van der Waals surface area contributed by atoms with Gasteiger partial charge in [0.2, 0.25) is 0 Å². The quantitative estimate of drug-likeness (QED) is 0.0343. The third-order valence-electron chi connectivity index (χ3n) is 14.7. The van der Waals surface area contributed by atoms with Gasteiger partial charge < -0.3 is 14.2 Å². The number of esters is 3. The summed E-state index contributed by atoms with van der Waals surface area (Å²) in [6.07, 6.45) is 58.0. The first-order chi connectivity index (χ1) is 32.8. The Hall–Kier alpha value is -1.59. The second kappa shape index (κ2) is 53.8. The molecule has 0 aliphatic carbocycles. The summed E-state index contributed by atoms with van der Waals surface area (Å²) in [5.74, 6) is 0.901. The van der Waals surface area contributed by atoms with Gasteiger partial charge >= 0.3 is 17.9 Å². The number of carbonyl (C=O) groups excluding carboxylic acids is 3. The van der Waals surface area contributed by atoms with E-state index in [9.17, 15) is 14.4 Å². The average Bonchev–Trinajstić information content (AvgIpc) is 3.33. The van der Waals surface area contributed by atoms with Crippen LogP contribution in [0.25, 0.3) is 0 Å². The predicted molar refractivity (Wildman–Crippen MR) is 289 cm³/mol. The molecule has 0 saturated carbocycles. The highest BCUT2D eigenvalue weighted by atomic mass is 16.6. The Morgan fingerprint density at radius 1 is 0.299 bits per heavy atom. The molecule has 0 fully saturated rings. The van der Waals surface area contributed by atoms with E-state index in [-0.39, 0.29) is 31.1 Å². The van der Waals surface area contributed by atoms with Crippen molar-refractivity contribution >= 4 is 17.9 Å². The van der Waals surface area contributed by atoms with E-state index in [1.165, 1.54) is 231 Å². The molecule has 0 aromatic heterocycles. The van der Waals surface area contributed by atoms with Crippen molar-refractivity contribution < 1.29 is 28.6 Å². The SMILES string of the molecule is CCCCCCCCCCCCCCCCCCCCCC(=O)OC[C@@H](COC(=O)CCCCCCCCCCCCCCCCC(C)CC)OC(=O)CCCCCCCCCCC(C)CC. The Morgan fingerprint density at radius 2 is 0.522 bits per heavy atom. The van der Waals surface area contributed by atoms with Crippen molar-refractivity contribution in [3.63, 3.8) is 0 Å². The van der Waals surface area contributed by atoms with Crippen molar-refractivity contribution in [3.8, 4) is 0 Å². The van der Waals surface area contributed by atoms with Gasteiger partial charge in [0, 0.05) is 19.3 Å². The summed E-state index contributed by atoms with van der Waals surface area (Å²) in [5.41, 5.74) is 0. The Kier molecular flexibility index (Phi) is 52.5. The maximum absolute atomic E-state index is 12.8. The molecule has 398 valence electrons. The van der Waals surface area contributed by atoms with Gasteiger partial charge in [-0.05, 0) is 31.1 Å². The van der Waals surface area contributed by atoms with Gasteiger partial charge in [0.05, 0.1) is 0 Å². The maximum Gasteiger partial charge on any atom is 0.306 e. The fourth-order valence-electron chi connectivity index (χ4n) is 9.34. The van der Waals surface area contributed by atoms with Crippen molar-refractivity contribution in [3.05, 3.63) is 0 Å². The van der Waals surface area contributed by atoms with Gasteiger partial charge in [0.25, 0.3) is 0 Å². The molecule has 0 radical (unpaired) electrons. The van der Waals surface area contributed by atoms with E-state index in [1.54, 1.807) is 0 Å². The van der Waals surface area contributed by atoms with Crippen molar-refractivity contribution in [2.75, 3.05) is 13.2 Å². The zero-order valence-corrected chi connectivity index (χ0v) is 46.0. The molecule has 0 heterocycles. The molecule has 0 aliphatic heterocycles. The zero-order chi connectivity index (χ0) is 48.9. The predicted octanol–water partition coefficient (Wildman–Crippen LogP) is 20.0. The highest BCUT2D eigenvalue weighted by Gasteiger charge is 2.19. The van der Waals surface area contributed by atoms with Crippen LogP contribution in [0.5, 0.6) is 0 Å². The first-order valence-corrected chi connectivity index (χ1v) is 30.3. The fraction of sp³-hybridized carbons (Fsp3) is 0.951. The average molecular weight is 948 g/mol. The first kappa shape index (κ1) is 65.4. The van der Waals surface area contributed by atoms with Crippen LogP contribution in [0, 0.1) is 11.8 Å². The van der Waals surface area contributed by atoms with Crippen LogP contribution < -0.4 is 0 Å². The molecular weight excluding hydrogens is 829 g/mol. The molecule has 0 aromatic carbocycles. The minimum atomic E-state index is -0.764. The monoisotopic (exact) mass is 947 g/mol. The molecule has 0 amide bonds. The summed E-state index contributed by atoms with van der Waals surface area (Å²) in [6.45, 7) is 11.5. The molecule has 0 N–H and O–H groups in total. The van der Waals surface area contributed by atoms with E-state index in [4.69, 9.17) is 14.2 Å². The van der Waals surface area contributed by atoms with Crippen LogP contribution in [0.15, 0.2) is 0 Å². The second-order valence-electron chi connectivity index (χ2n) is 21.5. The van der Waals surface area contributed by atoms with Crippen LogP contribution in [-0.4, -0.2) is 37.2 Å². The van der Waals surface area contributed by atoms with Crippen LogP contribution in [0.3, 0.4) is 0 Å². The van der Waals surface area contributed by atoms with Crippen molar-refractivity contribution in [1.82, 2.24) is 0 Å². The number of hydrogen-bond donors (Lipinski definition) is 0. The summed E-state index contributed by atoms with van der Waals surface area (Å²) < 4.78 is 16.9. The van der Waals surface area contributed by atoms with Gasteiger partial charge in [-0.15, -0.1) is 0 Å². The number of carbonyl (C=O) groups is 3. The smallest absolute Gasteiger partial charge is 0.306 e. The van der Waals surface area contributed by atoms with E-state index in [0.29, 0.717) is 19.3 Å². The van der Waals surface area contributed by atoms with Crippen LogP contribution in [0.4, 0.5) is 0 Å². The molecular formula is C61H118O6. The highest BCUT2D eigenvalue weighted by Crippen LogP contribution is 2.19. The Bertz CT molecular complexity index is 1030. The summed E-state index contributed by atoms with van der Waals surface area (Å²) in [6, 6.07) is 0. The van der Waals surface area contributed by atoms with Gasteiger partial charge in [-0.1, -0.05) is 304 Å². The van der Waals surface area contributed by atoms with Crippen molar-refractivity contribution in [1.29, 1.82) is 0 Å². The summed E-state index contributed by atoms with van der Waals surface area (Å²) >= 11 is 0. The standard InChI is InChI=1S/C61H118O6/c1-6-9-10-11-12-13-14-15-16-17-18-19-20-24-27-30-36-41-46-51-59(62)65-54-58(67-61(64)53-48-43-38-33-32-35-40-45-50-57(5)8-3)55-66-60(63)52-47-42-37-31-28-25-22-21-23-26-29-34-39-44-49-56(4)7-2/h56-58H,6-55H2,1-5H3/t56?,57?,58-/m0/s1. The minimum Gasteiger partial charge on any atom is -0.462 e. The van der Waals surface area contributed by atoms with Gasteiger partial charge in [-0.3, -0.25) is 14.4 Å². The maximum atomic E-state index is 12.8. The number of unbranched alkanes of at least 4 members (excludes halogenated alkanes) is 38. The molecule has 6 heteroatoms. The topological polar surface area (TPSA) is 78.9 Å². The van der Waals surface area contributed by atoms with E-state index in [0.717, 1.165) is 69.6 Å². The Balaban J connectivity index is 4.25. The lowest BCUT2D eigenvalue weighted by Crippen LogP contribution is -2.30. The second-order valence-corrected chi connectivity index (χ2v) is 21.5. The normalized spacial score (nSPS) is 12.9. The van der Waals surface area contributed by atoms with Crippen molar-refractivity contribution in [2.45, 2.75) is 349 Å². The fourth-order valence-corrected chi connectivity index (χ4v) is 9.34. The molecule has 0 rings (SSSR count). The number of hydrogen-bond acceptors (Lipinski definition) is 6. The van der Waals surface area contributed by atoms with Crippen LogP contribution in [0.1, 0.15) is 343 Å². The molecule has 0 aromatic rings. The molecule has 0 aliphatic rings. The molecule has 2 unspecified atom stereocenters. The van der Waals surface area contributed by atoms with Gasteiger partial charge in [-0.2, -0.15) is 0 Å². The third-order valence-corrected chi connectivity index (χ3v) is 14.7. The minimum absolute atomic E-state index is 0.0630. The van der Waals surface area contributed by atoms with Crippen LogP contribution in [0.2, 0.25) is 0 Å². The van der Waals surface area contributed by atoms with Gasteiger partial charge in [0.15, 0.2) is 6.10 Å². The van der Waals surface area contributed by atoms with Crippen molar-refractivity contribution in [2.24, 2.45) is 11.8 Å². The van der Waals surface area contributed by atoms with Crippen LogP contribution in [-0.2, 0) is 28.6 Å². The molecule has 67 heavy (non-hydrogen) atoms.